The largest absolute Gasteiger partial charge is 0.493 e. The highest BCUT2D eigenvalue weighted by Gasteiger charge is 2.22. The van der Waals surface area contributed by atoms with Crippen LogP contribution in [0.15, 0.2) is 40.0 Å². The number of aryl methyl sites for hydroxylation is 3. The van der Waals surface area contributed by atoms with E-state index in [0.717, 1.165) is 16.7 Å². The van der Waals surface area contributed by atoms with Gasteiger partial charge in [-0.3, -0.25) is 4.79 Å². The van der Waals surface area contributed by atoms with Gasteiger partial charge in [0.1, 0.15) is 0 Å². The SMILES string of the molecule is COc1ccc(-c2nnc(S[C@@H](C)C(=O)c3cc(C)c(C)cc3C)o2)cc1OC. The summed E-state index contributed by atoms with van der Waals surface area (Å²) >= 11 is 1.25. The predicted octanol–water partition coefficient (Wildman–Crippen LogP) is 5.04. The Kier molecular flexibility index (Phi) is 6.27. The smallest absolute Gasteiger partial charge is 0.277 e. The first-order valence-electron chi connectivity index (χ1n) is 9.18. The summed E-state index contributed by atoms with van der Waals surface area (Å²) in [7, 11) is 3.15. The van der Waals surface area contributed by atoms with Gasteiger partial charge in [0.05, 0.1) is 19.5 Å². The topological polar surface area (TPSA) is 74.5 Å². The van der Waals surface area contributed by atoms with Crippen molar-refractivity contribution < 1.29 is 18.7 Å². The number of aromatic nitrogens is 2. The molecule has 1 atom stereocenters. The highest BCUT2D eigenvalue weighted by atomic mass is 32.2. The Balaban J connectivity index is 1.78. The summed E-state index contributed by atoms with van der Waals surface area (Å²) < 4.78 is 16.3. The van der Waals surface area contributed by atoms with Gasteiger partial charge in [-0.1, -0.05) is 17.8 Å². The van der Waals surface area contributed by atoms with Crippen molar-refractivity contribution in [2.45, 2.75) is 38.2 Å². The lowest BCUT2D eigenvalue weighted by atomic mass is 9.97. The van der Waals surface area contributed by atoms with Crippen LogP contribution in [0.5, 0.6) is 11.5 Å². The molecule has 0 fully saturated rings. The predicted molar refractivity (Wildman–Crippen MR) is 113 cm³/mol. The number of ketones is 1. The molecule has 0 aliphatic carbocycles. The number of hydrogen-bond acceptors (Lipinski definition) is 7. The van der Waals surface area contributed by atoms with Gasteiger partial charge in [0.15, 0.2) is 17.3 Å². The Morgan fingerprint density at radius 3 is 2.34 bits per heavy atom. The van der Waals surface area contributed by atoms with Gasteiger partial charge in [0.2, 0.25) is 5.89 Å². The van der Waals surface area contributed by atoms with E-state index >= 15 is 0 Å². The highest BCUT2D eigenvalue weighted by Crippen LogP contribution is 2.33. The number of Topliss-reactive ketones (excluding diaryl/α,β-unsaturated/α-hetero) is 1. The number of nitrogens with zero attached hydrogens (tertiary/aromatic N) is 2. The van der Waals surface area contributed by atoms with Crippen LogP contribution < -0.4 is 9.47 Å². The van der Waals surface area contributed by atoms with Gasteiger partial charge in [-0.2, -0.15) is 0 Å². The molecule has 1 aromatic heterocycles. The van der Waals surface area contributed by atoms with Gasteiger partial charge < -0.3 is 13.9 Å². The van der Waals surface area contributed by atoms with Gasteiger partial charge in [0, 0.05) is 11.1 Å². The molecule has 1 heterocycles. The second kappa shape index (κ2) is 8.69. The van der Waals surface area contributed by atoms with Crippen LogP contribution in [0.3, 0.4) is 0 Å². The fraction of sp³-hybridized carbons (Fsp3) is 0.318. The van der Waals surface area contributed by atoms with E-state index in [1.165, 1.54) is 17.3 Å². The summed E-state index contributed by atoms with van der Waals surface area (Å²) in [4.78, 5) is 12.9. The van der Waals surface area contributed by atoms with E-state index in [1.54, 1.807) is 26.4 Å². The third kappa shape index (κ3) is 4.45. The molecule has 0 aliphatic rings. The minimum Gasteiger partial charge on any atom is -0.493 e. The zero-order chi connectivity index (χ0) is 21.1. The molecule has 0 saturated carbocycles. The maximum atomic E-state index is 12.9. The number of thioether (sulfide) groups is 1. The van der Waals surface area contributed by atoms with Gasteiger partial charge >= 0.3 is 0 Å². The van der Waals surface area contributed by atoms with Gasteiger partial charge in [-0.25, -0.2) is 0 Å². The molecule has 0 amide bonds. The molecule has 0 unspecified atom stereocenters. The first kappa shape index (κ1) is 20.9. The first-order chi connectivity index (χ1) is 13.8. The molecule has 0 spiro atoms. The molecule has 152 valence electrons. The zero-order valence-corrected chi connectivity index (χ0v) is 18.2. The number of ether oxygens (including phenoxy) is 2. The van der Waals surface area contributed by atoms with E-state index in [1.807, 2.05) is 45.9 Å². The Hall–Kier alpha value is -2.80. The summed E-state index contributed by atoms with van der Waals surface area (Å²) in [5.41, 5.74) is 4.70. The molecule has 0 saturated heterocycles. The maximum Gasteiger partial charge on any atom is 0.277 e. The first-order valence-corrected chi connectivity index (χ1v) is 10.1. The number of hydrogen-bond donors (Lipinski definition) is 0. The van der Waals surface area contributed by atoms with E-state index in [-0.39, 0.29) is 11.0 Å². The van der Waals surface area contributed by atoms with Crippen molar-refractivity contribution >= 4 is 17.5 Å². The molecule has 6 nitrogen and oxygen atoms in total. The van der Waals surface area contributed by atoms with Gasteiger partial charge in [-0.15, -0.1) is 10.2 Å². The number of methoxy groups -OCH3 is 2. The third-order valence-electron chi connectivity index (χ3n) is 4.79. The summed E-state index contributed by atoms with van der Waals surface area (Å²) in [6.07, 6.45) is 0. The van der Waals surface area contributed by atoms with Crippen LogP contribution in [-0.2, 0) is 0 Å². The zero-order valence-electron chi connectivity index (χ0n) is 17.4. The molecule has 0 radical (unpaired) electrons. The van der Waals surface area contributed by atoms with Crippen LogP contribution in [0.2, 0.25) is 0 Å². The standard InChI is InChI=1S/C22H24N2O4S/c1-12-9-14(3)17(10-13(12)2)20(25)15(4)29-22-24-23-21(28-22)16-7-8-18(26-5)19(11-16)27-6/h7-11,15H,1-6H3/t15-/m0/s1. The van der Waals surface area contributed by atoms with Crippen LogP contribution in [-0.4, -0.2) is 35.5 Å². The molecule has 3 aromatic rings. The maximum absolute atomic E-state index is 12.9. The molecular weight excluding hydrogens is 388 g/mol. The lowest BCUT2D eigenvalue weighted by Crippen LogP contribution is -2.15. The Morgan fingerprint density at radius 2 is 1.66 bits per heavy atom. The fourth-order valence-corrected chi connectivity index (χ4v) is 3.74. The summed E-state index contributed by atoms with van der Waals surface area (Å²) in [6.45, 7) is 7.86. The van der Waals surface area contributed by atoms with E-state index in [4.69, 9.17) is 13.9 Å². The van der Waals surface area contributed by atoms with Crippen molar-refractivity contribution in [1.82, 2.24) is 10.2 Å². The molecular formula is C22H24N2O4S. The lowest BCUT2D eigenvalue weighted by molar-refractivity contribution is 0.0993. The number of benzene rings is 2. The van der Waals surface area contributed by atoms with E-state index < -0.39 is 0 Å². The minimum atomic E-state index is -0.352. The molecule has 0 N–H and O–H groups in total. The van der Waals surface area contributed by atoms with Crippen LogP contribution >= 0.6 is 11.8 Å². The number of rotatable bonds is 7. The quantitative estimate of drug-likeness (QED) is 0.397. The average molecular weight is 413 g/mol. The average Bonchev–Trinajstić information content (AvgIpc) is 3.18. The van der Waals surface area contributed by atoms with Crippen molar-refractivity contribution in [2.75, 3.05) is 14.2 Å². The normalized spacial score (nSPS) is 11.9. The van der Waals surface area contributed by atoms with E-state index in [2.05, 4.69) is 10.2 Å². The van der Waals surface area contributed by atoms with Crippen LogP contribution in [0, 0.1) is 20.8 Å². The Bertz CT molecular complexity index is 1050. The summed E-state index contributed by atoms with van der Waals surface area (Å²) in [5.74, 6) is 1.59. The van der Waals surface area contributed by atoms with Crippen LogP contribution in [0.25, 0.3) is 11.5 Å². The van der Waals surface area contributed by atoms with Crippen LogP contribution in [0.1, 0.15) is 34.0 Å². The van der Waals surface area contributed by atoms with Crippen molar-refractivity contribution in [3.63, 3.8) is 0 Å². The summed E-state index contributed by atoms with van der Waals surface area (Å²) in [6, 6.07) is 9.36. The van der Waals surface area contributed by atoms with Gasteiger partial charge in [0.25, 0.3) is 5.22 Å². The fourth-order valence-electron chi connectivity index (χ4n) is 2.99. The second-order valence-corrected chi connectivity index (χ2v) is 8.11. The Morgan fingerprint density at radius 1 is 0.966 bits per heavy atom. The van der Waals surface area contributed by atoms with Crippen molar-refractivity contribution in [1.29, 1.82) is 0 Å². The third-order valence-corrected chi connectivity index (χ3v) is 5.72. The number of carbonyl (C=O) groups excluding carboxylic acids is 1. The van der Waals surface area contributed by atoms with Crippen molar-refractivity contribution in [2.24, 2.45) is 0 Å². The minimum absolute atomic E-state index is 0.0430. The molecule has 2 aromatic carbocycles. The Labute approximate surface area is 174 Å². The highest BCUT2D eigenvalue weighted by molar-refractivity contribution is 8.00. The van der Waals surface area contributed by atoms with E-state index in [0.29, 0.717) is 28.2 Å². The van der Waals surface area contributed by atoms with Crippen molar-refractivity contribution in [3.8, 4) is 23.0 Å². The molecule has 0 bridgehead atoms. The second-order valence-electron chi connectivity index (χ2n) is 6.82. The molecule has 0 aliphatic heterocycles. The molecule has 7 heteroatoms. The van der Waals surface area contributed by atoms with Gasteiger partial charge in [-0.05, 0) is 68.7 Å². The lowest BCUT2D eigenvalue weighted by Gasteiger charge is -2.12. The summed E-state index contributed by atoms with van der Waals surface area (Å²) in [5, 5.41) is 8.18. The monoisotopic (exact) mass is 412 g/mol. The van der Waals surface area contributed by atoms with E-state index in [9.17, 15) is 4.79 Å². The number of carbonyl (C=O) groups is 1. The molecule has 3 rings (SSSR count). The van der Waals surface area contributed by atoms with Crippen LogP contribution in [0.4, 0.5) is 0 Å². The molecule has 29 heavy (non-hydrogen) atoms. The van der Waals surface area contributed by atoms with Crippen molar-refractivity contribution in [3.05, 3.63) is 52.6 Å².